The van der Waals surface area contributed by atoms with Crippen LogP contribution in [0.15, 0.2) is 6.20 Å². The normalized spacial score (nSPS) is 23.7. The van der Waals surface area contributed by atoms with Gasteiger partial charge in [-0.15, -0.1) is 0 Å². The first-order valence-electron chi connectivity index (χ1n) is 4.93. The van der Waals surface area contributed by atoms with Crippen LogP contribution in [0.3, 0.4) is 0 Å². The molecule has 5 nitrogen and oxygen atoms in total. The van der Waals surface area contributed by atoms with Crippen molar-refractivity contribution < 1.29 is 0 Å². The van der Waals surface area contributed by atoms with Crippen LogP contribution < -0.4 is 16.6 Å². The van der Waals surface area contributed by atoms with E-state index in [9.17, 15) is 0 Å². The summed E-state index contributed by atoms with van der Waals surface area (Å²) in [6.07, 6.45) is 2.81. The van der Waals surface area contributed by atoms with Crippen molar-refractivity contribution in [2.24, 2.45) is 17.7 Å². The molecule has 1 aliphatic carbocycles. The molecule has 0 amide bonds. The molecule has 0 aliphatic heterocycles. The second-order valence-corrected chi connectivity index (χ2v) is 4.30. The molecule has 15 heavy (non-hydrogen) atoms. The summed E-state index contributed by atoms with van der Waals surface area (Å²) in [5, 5.41) is 3.72. The van der Waals surface area contributed by atoms with Crippen molar-refractivity contribution in [2.45, 2.75) is 13.3 Å². The van der Waals surface area contributed by atoms with E-state index in [1.165, 1.54) is 12.6 Å². The maximum atomic E-state index is 5.94. The van der Waals surface area contributed by atoms with E-state index in [0.717, 1.165) is 18.4 Å². The molecule has 4 N–H and O–H groups in total. The summed E-state index contributed by atoms with van der Waals surface area (Å²) >= 11 is 5.94. The molecule has 2 rings (SSSR count). The van der Waals surface area contributed by atoms with Crippen molar-refractivity contribution in [3.8, 4) is 0 Å². The van der Waals surface area contributed by atoms with E-state index in [-0.39, 0.29) is 0 Å². The second kappa shape index (κ2) is 4.20. The number of hydrazine groups is 1. The van der Waals surface area contributed by atoms with Crippen LogP contribution in [0.25, 0.3) is 0 Å². The number of rotatable bonds is 4. The van der Waals surface area contributed by atoms with Gasteiger partial charge in [0, 0.05) is 6.54 Å². The Balaban J connectivity index is 1.99. The first kappa shape index (κ1) is 10.4. The van der Waals surface area contributed by atoms with Crippen LogP contribution in [0.1, 0.15) is 13.3 Å². The number of nitrogens with one attached hydrogen (secondary N) is 2. The van der Waals surface area contributed by atoms with Crippen LogP contribution in [0.5, 0.6) is 0 Å². The largest absolute Gasteiger partial charge is 0.368 e. The molecule has 0 saturated heterocycles. The Bertz CT molecular complexity index is 356. The van der Waals surface area contributed by atoms with Gasteiger partial charge in [-0.25, -0.2) is 10.8 Å². The van der Waals surface area contributed by atoms with Gasteiger partial charge in [0.1, 0.15) is 5.02 Å². The van der Waals surface area contributed by atoms with Crippen LogP contribution >= 0.6 is 11.6 Å². The number of nitrogens with two attached hydrogens (primary N) is 1. The summed E-state index contributed by atoms with van der Waals surface area (Å²) in [6, 6.07) is 0. The monoisotopic (exact) mass is 227 g/mol. The molecule has 0 aromatic carbocycles. The van der Waals surface area contributed by atoms with Crippen LogP contribution in [-0.4, -0.2) is 16.5 Å². The Morgan fingerprint density at radius 3 is 3.00 bits per heavy atom. The van der Waals surface area contributed by atoms with Crippen LogP contribution in [-0.2, 0) is 0 Å². The summed E-state index contributed by atoms with van der Waals surface area (Å²) < 4.78 is 0. The van der Waals surface area contributed by atoms with Gasteiger partial charge in [0.15, 0.2) is 5.82 Å². The van der Waals surface area contributed by atoms with Gasteiger partial charge in [-0.2, -0.15) is 4.98 Å². The van der Waals surface area contributed by atoms with Gasteiger partial charge < -0.3 is 5.32 Å². The zero-order chi connectivity index (χ0) is 10.8. The zero-order valence-electron chi connectivity index (χ0n) is 8.50. The number of nitrogens with zero attached hydrogens (tertiary/aromatic N) is 2. The summed E-state index contributed by atoms with van der Waals surface area (Å²) in [6.45, 7) is 3.14. The Morgan fingerprint density at radius 1 is 1.67 bits per heavy atom. The Morgan fingerprint density at radius 2 is 2.40 bits per heavy atom. The van der Waals surface area contributed by atoms with Crippen LogP contribution in [0.4, 0.5) is 11.8 Å². The molecule has 1 aliphatic rings. The minimum Gasteiger partial charge on any atom is -0.368 e. The summed E-state index contributed by atoms with van der Waals surface area (Å²) in [5.74, 6) is 7.77. The van der Waals surface area contributed by atoms with E-state index in [1.807, 2.05) is 0 Å². The highest BCUT2D eigenvalue weighted by Crippen LogP contribution is 2.37. The van der Waals surface area contributed by atoms with E-state index in [1.54, 1.807) is 0 Å². The van der Waals surface area contributed by atoms with Gasteiger partial charge in [-0.3, -0.25) is 5.43 Å². The summed E-state index contributed by atoms with van der Waals surface area (Å²) in [4.78, 5) is 8.02. The number of halogens is 1. The van der Waals surface area contributed by atoms with E-state index in [4.69, 9.17) is 17.4 Å². The first-order valence-corrected chi connectivity index (χ1v) is 5.31. The summed E-state index contributed by atoms with van der Waals surface area (Å²) in [5.41, 5.74) is 2.39. The number of anilines is 2. The van der Waals surface area contributed by atoms with E-state index in [0.29, 0.717) is 16.8 Å². The Hall–Kier alpha value is -1.07. The quantitative estimate of drug-likeness (QED) is 0.537. The fraction of sp³-hybridized carbons (Fsp3) is 0.556. The van der Waals surface area contributed by atoms with Gasteiger partial charge in [-0.05, 0) is 18.3 Å². The molecular weight excluding hydrogens is 214 g/mol. The maximum absolute atomic E-state index is 5.94. The lowest BCUT2D eigenvalue weighted by atomic mass is 10.3. The first-order chi connectivity index (χ1) is 7.20. The molecule has 0 radical (unpaired) electrons. The molecule has 0 bridgehead atoms. The SMILES string of the molecule is CC1CC1CNc1nc(NN)ncc1Cl. The molecular formula is C9H14ClN5. The molecule has 1 heterocycles. The van der Waals surface area contributed by atoms with Crippen molar-refractivity contribution in [1.29, 1.82) is 0 Å². The molecule has 1 saturated carbocycles. The van der Waals surface area contributed by atoms with E-state index >= 15 is 0 Å². The number of hydrogen-bond donors (Lipinski definition) is 3. The van der Waals surface area contributed by atoms with Gasteiger partial charge in [0.2, 0.25) is 5.95 Å². The maximum Gasteiger partial charge on any atom is 0.239 e. The zero-order valence-corrected chi connectivity index (χ0v) is 9.25. The predicted octanol–water partition coefficient (Wildman–Crippen LogP) is 1.48. The number of hydrogen-bond acceptors (Lipinski definition) is 5. The van der Waals surface area contributed by atoms with Crippen molar-refractivity contribution in [2.75, 3.05) is 17.3 Å². The highest BCUT2D eigenvalue weighted by Gasteiger charge is 2.32. The Kier molecular flexibility index (Phi) is 2.93. The minimum absolute atomic E-state index is 0.366. The third kappa shape index (κ3) is 2.49. The van der Waals surface area contributed by atoms with Crippen LogP contribution in [0, 0.1) is 11.8 Å². The smallest absolute Gasteiger partial charge is 0.239 e. The Labute approximate surface area is 93.4 Å². The third-order valence-electron chi connectivity index (χ3n) is 2.68. The third-order valence-corrected chi connectivity index (χ3v) is 2.96. The average molecular weight is 228 g/mol. The summed E-state index contributed by atoms with van der Waals surface area (Å²) in [7, 11) is 0. The standard InChI is InChI=1S/C9H14ClN5/c1-5-2-6(5)3-12-8-7(10)4-13-9(14-8)15-11/h4-6H,2-3,11H2,1H3,(H2,12,13,14,15). The van der Waals surface area contributed by atoms with Crippen molar-refractivity contribution >= 4 is 23.4 Å². The molecule has 1 aromatic heterocycles. The molecule has 82 valence electrons. The number of aromatic nitrogens is 2. The second-order valence-electron chi connectivity index (χ2n) is 3.89. The molecule has 6 heteroatoms. The molecule has 2 unspecified atom stereocenters. The lowest BCUT2D eigenvalue weighted by Crippen LogP contribution is -2.13. The lowest BCUT2D eigenvalue weighted by Gasteiger charge is -2.07. The van der Waals surface area contributed by atoms with Gasteiger partial charge in [-0.1, -0.05) is 18.5 Å². The van der Waals surface area contributed by atoms with E-state index < -0.39 is 0 Å². The lowest BCUT2D eigenvalue weighted by molar-refractivity contribution is 0.784. The highest BCUT2D eigenvalue weighted by molar-refractivity contribution is 6.32. The van der Waals surface area contributed by atoms with Crippen molar-refractivity contribution in [1.82, 2.24) is 9.97 Å². The van der Waals surface area contributed by atoms with Crippen LogP contribution in [0.2, 0.25) is 5.02 Å². The molecule has 0 spiro atoms. The van der Waals surface area contributed by atoms with Crippen molar-refractivity contribution in [3.63, 3.8) is 0 Å². The van der Waals surface area contributed by atoms with Gasteiger partial charge in [0.25, 0.3) is 0 Å². The van der Waals surface area contributed by atoms with Gasteiger partial charge in [0.05, 0.1) is 6.20 Å². The molecule has 2 atom stereocenters. The van der Waals surface area contributed by atoms with Gasteiger partial charge >= 0.3 is 0 Å². The molecule has 1 aromatic rings. The topological polar surface area (TPSA) is 75.9 Å². The number of nitrogen functional groups attached to an aromatic ring is 1. The fourth-order valence-electron chi connectivity index (χ4n) is 1.47. The highest BCUT2D eigenvalue weighted by atomic mass is 35.5. The molecule has 1 fully saturated rings. The average Bonchev–Trinajstić information content (AvgIpc) is 2.94. The fourth-order valence-corrected chi connectivity index (χ4v) is 1.63. The minimum atomic E-state index is 0.366. The van der Waals surface area contributed by atoms with E-state index in [2.05, 4.69) is 27.6 Å². The van der Waals surface area contributed by atoms with Crippen molar-refractivity contribution in [3.05, 3.63) is 11.2 Å². The predicted molar refractivity (Wildman–Crippen MR) is 60.6 cm³/mol.